The van der Waals surface area contributed by atoms with Gasteiger partial charge < -0.3 is 29.2 Å². The zero-order valence-electron chi connectivity index (χ0n) is 22.3. The Kier molecular flexibility index (Phi) is 6.77. The van der Waals surface area contributed by atoms with E-state index in [1.807, 2.05) is 30.3 Å². The molecule has 208 valence electrons. The van der Waals surface area contributed by atoms with Crippen molar-refractivity contribution in [3.8, 4) is 17.5 Å². The average Bonchev–Trinajstić information content (AvgIpc) is 3.36. The number of aromatic nitrogens is 1. The topological polar surface area (TPSA) is 142 Å². The van der Waals surface area contributed by atoms with E-state index < -0.39 is 29.1 Å². The van der Waals surface area contributed by atoms with Crippen molar-refractivity contribution in [2.45, 2.75) is 23.2 Å². The van der Waals surface area contributed by atoms with E-state index >= 15 is 0 Å². The predicted octanol–water partition coefficient (Wildman–Crippen LogP) is 3.62. The Labute approximate surface area is 231 Å². The summed E-state index contributed by atoms with van der Waals surface area (Å²) in [4.78, 5) is 9.58. The van der Waals surface area contributed by atoms with E-state index in [0.717, 1.165) is 18.7 Å². The number of fused-ring (bicyclic) bond motifs is 3. The second-order valence-electron chi connectivity index (χ2n) is 10.3. The van der Waals surface area contributed by atoms with Crippen LogP contribution in [0.5, 0.6) is 17.5 Å². The maximum Gasteiger partial charge on any atom is 0.226 e. The van der Waals surface area contributed by atoms with Crippen molar-refractivity contribution in [2.75, 3.05) is 47.1 Å². The number of aliphatic hydroxyl groups excluding tert-OH is 1. The molecule has 2 aliphatic heterocycles. The van der Waals surface area contributed by atoms with E-state index in [-0.39, 0.29) is 17.3 Å². The van der Waals surface area contributed by atoms with Crippen LogP contribution in [-0.2, 0) is 15.9 Å². The van der Waals surface area contributed by atoms with Crippen molar-refractivity contribution in [3.05, 3.63) is 87.8 Å². The first-order chi connectivity index (χ1) is 19.5. The van der Waals surface area contributed by atoms with Crippen LogP contribution in [-0.4, -0.2) is 73.3 Å². The highest BCUT2D eigenvalue weighted by molar-refractivity contribution is 5.60. The van der Waals surface area contributed by atoms with Crippen LogP contribution >= 0.6 is 0 Å². The van der Waals surface area contributed by atoms with E-state index in [0.29, 0.717) is 36.8 Å². The molecular weight excluding hydrogens is 514 g/mol. The number of azide groups is 1. The van der Waals surface area contributed by atoms with E-state index in [1.165, 1.54) is 14.2 Å². The number of nitrogens with zero attached hydrogens (tertiary/aromatic N) is 5. The largest absolute Gasteiger partial charge is 0.481 e. The lowest BCUT2D eigenvalue weighted by Crippen LogP contribution is -2.52. The molecule has 5 atom stereocenters. The molecule has 0 amide bonds. The molecule has 0 radical (unpaired) electrons. The molecule has 0 spiro atoms. The van der Waals surface area contributed by atoms with Gasteiger partial charge in [0.1, 0.15) is 5.75 Å². The first-order valence-corrected chi connectivity index (χ1v) is 13.2. The van der Waals surface area contributed by atoms with Crippen molar-refractivity contribution >= 4 is 5.69 Å². The third-order valence-electron chi connectivity index (χ3n) is 8.43. The normalized spacial score (nSPS) is 29.1. The van der Waals surface area contributed by atoms with Gasteiger partial charge in [-0.2, -0.15) is 4.98 Å². The molecule has 2 fully saturated rings. The summed E-state index contributed by atoms with van der Waals surface area (Å²) in [7, 11) is 2.95. The second kappa shape index (κ2) is 10.3. The quantitative estimate of drug-likeness (QED) is 0.260. The standard InChI is InChI=1S/C29H31N5O6/c1-37-23-16-22-25(27(31-23)38-2)28(36)26(35)21(17-34-12-14-39-15-13-34)24(18-6-4-3-5-7-18)29(28,40-22)19-8-10-20(11-9-19)32-33-30/h3-11,16,21,24,26,35-36H,12-15,17H2,1-2H3/t21-,24-,26-,28+,29+/m1/s1. The monoisotopic (exact) mass is 545 g/mol. The zero-order chi connectivity index (χ0) is 27.9. The molecule has 2 N–H and O–H groups in total. The first-order valence-electron chi connectivity index (χ1n) is 13.2. The number of ether oxygens (including phenoxy) is 4. The Morgan fingerprint density at radius 3 is 2.48 bits per heavy atom. The number of pyridine rings is 1. The fourth-order valence-electron chi connectivity index (χ4n) is 6.78. The lowest BCUT2D eigenvalue weighted by atomic mass is 9.70. The summed E-state index contributed by atoms with van der Waals surface area (Å²) in [6.07, 6.45) is -1.26. The fraction of sp³-hybridized carbons (Fsp3) is 0.414. The first kappa shape index (κ1) is 26.4. The van der Waals surface area contributed by atoms with Gasteiger partial charge in [-0.3, -0.25) is 4.90 Å². The highest BCUT2D eigenvalue weighted by Crippen LogP contribution is 2.70. The van der Waals surface area contributed by atoms with Gasteiger partial charge in [0.2, 0.25) is 11.8 Å². The SMILES string of the molecule is COc1cc2c(c(OC)n1)[C@]1(O)[C@H](O)[C@H](CN3CCOCC3)[C@@H](c3ccccc3)[C@]1(c1ccc(N=[N+]=[N-])cc1)O2. The molecular formula is C29H31N5O6. The summed E-state index contributed by atoms with van der Waals surface area (Å²) in [5.41, 5.74) is 7.72. The van der Waals surface area contributed by atoms with Gasteiger partial charge in [0.25, 0.3) is 0 Å². The molecule has 1 aliphatic carbocycles. The van der Waals surface area contributed by atoms with Gasteiger partial charge in [-0.05, 0) is 16.7 Å². The lowest BCUT2D eigenvalue weighted by Gasteiger charge is -2.41. The number of morpholine rings is 1. The smallest absolute Gasteiger partial charge is 0.226 e. The molecule has 40 heavy (non-hydrogen) atoms. The second-order valence-corrected chi connectivity index (χ2v) is 10.3. The summed E-state index contributed by atoms with van der Waals surface area (Å²) >= 11 is 0. The Morgan fingerprint density at radius 1 is 1.10 bits per heavy atom. The van der Waals surface area contributed by atoms with Crippen LogP contribution < -0.4 is 14.2 Å². The van der Waals surface area contributed by atoms with Gasteiger partial charge in [-0.15, -0.1) is 0 Å². The van der Waals surface area contributed by atoms with Gasteiger partial charge in [-0.25, -0.2) is 0 Å². The van der Waals surface area contributed by atoms with Crippen LogP contribution in [0, 0.1) is 5.92 Å². The van der Waals surface area contributed by atoms with Crippen molar-refractivity contribution in [3.63, 3.8) is 0 Å². The number of hydrogen-bond acceptors (Lipinski definition) is 9. The van der Waals surface area contributed by atoms with Crippen LogP contribution in [0.4, 0.5) is 5.69 Å². The zero-order valence-corrected chi connectivity index (χ0v) is 22.3. The van der Waals surface area contributed by atoms with Crippen LogP contribution in [0.3, 0.4) is 0 Å². The number of methoxy groups -OCH3 is 2. The van der Waals surface area contributed by atoms with Crippen molar-refractivity contribution < 1.29 is 29.2 Å². The molecule has 1 saturated heterocycles. The molecule has 2 aromatic carbocycles. The van der Waals surface area contributed by atoms with Crippen LogP contribution in [0.2, 0.25) is 0 Å². The molecule has 6 rings (SSSR count). The number of rotatable bonds is 7. The summed E-state index contributed by atoms with van der Waals surface area (Å²) in [5, 5.41) is 29.0. The molecule has 3 heterocycles. The number of hydrogen-bond donors (Lipinski definition) is 2. The molecule has 1 saturated carbocycles. The third-order valence-corrected chi connectivity index (χ3v) is 8.43. The van der Waals surface area contributed by atoms with Gasteiger partial charge in [0.15, 0.2) is 11.2 Å². The van der Waals surface area contributed by atoms with Crippen LogP contribution in [0.15, 0.2) is 65.8 Å². The van der Waals surface area contributed by atoms with E-state index in [2.05, 4.69) is 19.9 Å². The molecule has 3 aliphatic rings. The fourth-order valence-corrected chi connectivity index (χ4v) is 6.78. The van der Waals surface area contributed by atoms with Crippen LogP contribution in [0.1, 0.15) is 22.6 Å². The summed E-state index contributed by atoms with van der Waals surface area (Å²) in [6, 6.07) is 18.3. The van der Waals surface area contributed by atoms with Gasteiger partial charge in [0.05, 0.1) is 39.1 Å². The Morgan fingerprint density at radius 2 is 1.82 bits per heavy atom. The highest BCUT2D eigenvalue weighted by atomic mass is 16.5. The van der Waals surface area contributed by atoms with Crippen LogP contribution in [0.25, 0.3) is 10.4 Å². The van der Waals surface area contributed by atoms with Crippen molar-refractivity contribution in [1.82, 2.24) is 9.88 Å². The van der Waals surface area contributed by atoms with Crippen molar-refractivity contribution in [2.24, 2.45) is 11.0 Å². The van der Waals surface area contributed by atoms with E-state index in [1.54, 1.807) is 30.3 Å². The summed E-state index contributed by atoms with van der Waals surface area (Å²) in [6.45, 7) is 3.15. The maximum atomic E-state index is 13.0. The van der Waals surface area contributed by atoms with E-state index in [4.69, 9.17) is 24.5 Å². The molecule has 3 aromatic rings. The van der Waals surface area contributed by atoms with E-state index in [9.17, 15) is 10.2 Å². The van der Waals surface area contributed by atoms with Gasteiger partial charge >= 0.3 is 0 Å². The maximum absolute atomic E-state index is 13.0. The van der Waals surface area contributed by atoms with Gasteiger partial charge in [-0.1, -0.05) is 59.7 Å². The molecule has 11 heteroatoms. The Bertz CT molecular complexity index is 1430. The minimum absolute atomic E-state index is 0.113. The Balaban J connectivity index is 1.62. The molecule has 11 nitrogen and oxygen atoms in total. The highest BCUT2D eigenvalue weighted by Gasteiger charge is 2.77. The minimum Gasteiger partial charge on any atom is -0.481 e. The van der Waals surface area contributed by atoms with Crippen molar-refractivity contribution in [1.29, 1.82) is 0 Å². The molecule has 0 unspecified atom stereocenters. The number of benzene rings is 2. The lowest BCUT2D eigenvalue weighted by molar-refractivity contribution is -0.152. The number of aliphatic hydroxyl groups is 2. The van der Waals surface area contributed by atoms with Gasteiger partial charge in [0, 0.05) is 48.1 Å². The molecule has 1 aromatic heterocycles. The Hall–Kier alpha value is -3.86. The average molecular weight is 546 g/mol. The minimum atomic E-state index is -1.95. The molecule has 0 bridgehead atoms. The summed E-state index contributed by atoms with van der Waals surface area (Å²) in [5.74, 6) is -0.256. The summed E-state index contributed by atoms with van der Waals surface area (Å²) < 4.78 is 23.5. The third kappa shape index (κ3) is 3.81. The predicted molar refractivity (Wildman–Crippen MR) is 145 cm³/mol.